The second-order valence-electron chi connectivity index (χ2n) is 4.13. The summed E-state index contributed by atoms with van der Waals surface area (Å²) in [5.74, 6) is 1.12. The van der Waals surface area contributed by atoms with Crippen LogP contribution in [0.2, 0.25) is 0 Å². The number of aromatic nitrogens is 1. The van der Waals surface area contributed by atoms with E-state index in [0.717, 1.165) is 10.2 Å². The molecular formula is C15H14BrNO3. The van der Waals surface area contributed by atoms with Crippen molar-refractivity contribution in [1.29, 1.82) is 0 Å². The lowest BCUT2D eigenvalue weighted by molar-refractivity contribution is 0.0989. The molecule has 0 radical (unpaired) electrons. The molecule has 1 heterocycles. The zero-order valence-corrected chi connectivity index (χ0v) is 12.8. The minimum atomic E-state index is -0.0423. The second-order valence-corrected chi connectivity index (χ2v) is 5.05. The maximum absolute atomic E-state index is 12.3. The van der Waals surface area contributed by atoms with E-state index >= 15 is 0 Å². The van der Waals surface area contributed by atoms with E-state index in [2.05, 4.69) is 20.9 Å². The molecular weight excluding hydrogens is 322 g/mol. The molecule has 2 aromatic rings. The summed E-state index contributed by atoms with van der Waals surface area (Å²) in [7, 11) is 3.10. The molecule has 0 aliphatic heterocycles. The first kappa shape index (κ1) is 14.5. The van der Waals surface area contributed by atoms with Crippen molar-refractivity contribution in [2.24, 2.45) is 0 Å². The highest BCUT2D eigenvalue weighted by molar-refractivity contribution is 9.10. The van der Waals surface area contributed by atoms with Gasteiger partial charge in [-0.15, -0.1) is 0 Å². The molecule has 20 heavy (non-hydrogen) atoms. The Morgan fingerprint density at radius 3 is 2.60 bits per heavy atom. The maximum Gasteiger partial charge on any atom is 0.172 e. The van der Waals surface area contributed by atoms with E-state index in [9.17, 15) is 4.79 Å². The zero-order chi connectivity index (χ0) is 14.5. The van der Waals surface area contributed by atoms with E-state index in [4.69, 9.17) is 9.47 Å². The Morgan fingerprint density at radius 1 is 1.20 bits per heavy atom. The normalized spacial score (nSPS) is 10.2. The first-order valence-corrected chi connectivity index (χ1v) is 6.79. The summed E-state index contributed by atoms with van der Waals surface area (Å²) in [5, 5.41) is 0. The van der Waals surface area contributed by atoms with Crippen LogP contribution in [0.5, 0.6) is 11.5 Å². The summed E-state index contributed by atoms with van der Waals surface area (Å²) < 4.78 is 11.2. The molecule has 0 saturated carbocycles. The van der Waals surface area contributed by atoms with Gasteiger partial charge in [0.05, 0.1) is 26.2 Å². The number of carbonyl (C=O) groups excluding carboxylic acids is 1. The summed E-state index contributed by atoms with van der Waals surface area (Å²) in [5.41, 5.74) is 1.24. The fourth-order valence-electron chi connectivity index (χ4n) is 1.80. The fourth-order valence-corrected chi connectivity index (χ4v) is 2.03. The van der Waals surface area contributed by atoms with Gasteiger partial charge < -0.3 is 9.47 Å². The predicted octanol–water partition coefficient (Wildman–Crippen LogP) is 3.29. The molecule has 0 unspecified atom stereocenters. The molecule has 0 aliphatic rings. The molecule has 0 bridgehead atoms. The molecule has 5 heteroatoms. The van der Waals surface area contributed by atoms with E-state index in [1.54, 1.807) is 31.5 Å². The van der Waals surface area contributed by atoms with Gasteiger partial charge in [0.15, 0.2) is 5.78 Å². The number of nitrogens with zero attached hydrogens (tertiary/aromatic N) is 1. The predicted molar refractivity (Wildman–Crippen MR) is 79.5 cm³/mol. The Bertz CT molecular complexity index is 611. The lowest BCUT2D eigenvalue weighted by atomic mass is 10.0. The van der Waals surface area contributed by atoms with Crippen LogP contribution in [0.3, 0.4) is 0 Å². The Morgan fingerprint density at radius 2 is 2.00 bits per heavy atom. The van der Waals surface area contributed by atoms with Crippen LogP contribution in [-0.4, -0.2) is 25.0 Å². The van der Waals surface area contributed by atoms with Crippen molar-refractivity contribution < 1.29 is 14.3 Å². The molecule has 0 saturated heterocycles. The summed E-state index contributed by atoms with van der Waals surface area (Å²) in [6.07, 6.45) is 1.91. The number of ether oxygens (including phenoxy) is 2. The Balaban J connectivity index is 2.22. The van der Waals surface area contributed by atoms with Gasteiger partial charge in [-0.3, -0.25) is 9.78 Å². The third-order valence-corrected chi connectivity index (χ3v) is 3.31. The average molecular weight is 336 g/mol. The molecule has 1 aromatic heterocycles. The first-order valence-electron chi connectivity index (χ1n) is 5.99. The minimum Gasteiger partial charge on any atom is -0.497 e. The molecule has 0 N–H and O–H groups in total. The minimum absolute atomic E-state index is 0.0423. The van der Waals surface area contributed by atoms with Crippen LogP contribution in [0.1, 0.15) is 16.1 Å². The van der Waals surface area contributed by atoms with Crippen molar-refractivity contribution in [1.82, 2.24) is 4.98 Å². The van der Waals surface area contributed by atoms with Crippen molar-refractivity contribution >= 4 is 21.7 Å². The van der Waals surface area contributed by atoms with E-state index in [1.165, 1.54) is 7.11 Å². The van der Waals surface area contributed by atoms with E-state index in [0.29, 0.717) is 17.1 Å². The van der Waals surface area contributed by atoms with Gasteiger partial charge in [-0.1, -0.05) is 0 Å². The van der Waals surface area contributed by atoms with Crippen LogP contribution in [0.25, 0.3) is 0 Å². The van der Waals surface area contributed by atoms with Crippen LogP contribution < -0.4 is 9.47 Å². The molecule has 0 fully saturated rings. The van der Waals surface area contributed by atoms with Gasteiger partial charge in [0.25, 0.3) is 0 Å². The quantitative estimate of drug-likeness (QED) is 0.786. The maximum atomic E-state index is 12.3. The lowest BCUT2D eigenvalue weighted by Gasteiger charge is -2.09. The SMILES string of the molecule is COc1ccc(C(=O)Cc2ccc(Br)cn2)c(OC)c1. The van der Waals surface area contributed by atoms with Crippen molar-refractivity contribution in [2.75, 3.05) is 14.2 Å². The van der Waals surface area contributed by atoms with Gasteiger partial charge in [-0.2, -0.15) is 0 Å². The van der Waals surface area contributed by atoms with Crippen LogP contribution in [0.4, 0.5) is 0 Å². The Labute approximate surface area is 125 Å². The Kier molecular flexibility index (Phi) is 4.74. The molecule has 4 nitrogen and oxygen atoms in total. The largest absolute Gasteiger partial charge is 0.497 e. The first-order chi connectivity index (χ1) is 9.63. The molecule has 0 atom stereocenters. The zero-order valence-electron chi connectivity index (χ0n) is 11.2. The Hall–Kier alpha value is -1.88. The number of benzene rings is 1. The van der Waals surface area contributed by atoms with Crippen molar-refractivity contribution in [3.63, 3.8) is 0 Å². The standard InChI is InChI=1S/C15H14BrNO3/c1-19-12-5-6-13(15(8-12)20-2)14(18)7-11-4-3-10(16)9-17-11/h3-6,8-9H,7H2,1-2H3. The highest BCUT2D eigenvalue weighted by atomic mass is 79.9. The number of Topliss-reactive ketones (excluding diaryl/α,β-unsaturated/α-hetero) is 1. The number of methoxy groups -OCH3 is 2. The number of halogens is 1. The summed E-state index contributed by atoms with van der Waals surface area (Å²) in [4.78, 5) is 16.5. The highest BCUT2D eigenvalue weighted by Gasteiger charge is 2.14. The highest BCUT2D eigenvalue weighted by Crippen LogP contribution is 2.25. The third-order valence-electron chi connectivity index (χ3n) is 2.84. The topological polar surface area (TPSA) is 48.4 Å². The number of hydrogen-bond acceptors (Lipinski definition) is 4. The van der Waals surface area contributed by atoms with Crippen LogP contribution in [0.15, 0.2) is 41.0 Å². The summed E-state index contributed by atoms with van der Waals surface area (Å²) in [6, 6.07) is 8.82. The van der Waals surface area contributed by atoms with Gasteiger partial charge in [-0.25, -0.2) is 0 Å². The molecule has 1 aromatic carbocycles. The van der Waals surface area contributed by atoms with E-state index in [-0.39, 0.29) is 12.2 Å². The van der Waals surface area contributed by atoms with Gasteiger partial charge in [0, 0.05) is 22.4 Å². The number of hydrogen-bond donors (Lipinski definition) is 0. The monoisotopic (exact) mass is 335 g/mol. The molecule has 2 rings (SSSR count). The van der Waals surface area contributed by atoms with Crippen molar-refractivity contribution in [3.05, 3.63) is 52.3 Å². The second kappa shape index (κ2) is 6.52. The fraction of sp³-hybridized carbons (Fsp3) is 0.200. The van der Waals surface area contributed by atoms with Crippen molar-refractivity contribution in [3.8, 4) is 11.5 Å². The lowest BCUT2D eigenvalue weighted by Crippen LogP contribution is -2.07. The van der Waals surface area contributed by atoms with Crippen LogP contribution in [0, 0.1) is 0 Å². The third kappa shape index (κ3) is 3.36. The molecule has 0 amide bonds. The number of ketones is 1. The number of pyridine rings is 1. The van der Waals surface area contributed by atoms with Crippen LogP contribution >= 0.6 is 15.9 Å². The smallest absolute Gasteiger partial charge is 0.172 e. The van der Waals surface area contributed by atoms with Gasteiger partial charge in [0.1, 0.15) is 11.5 Å². The van der Waals surface area contributed by atoms with Gasteiger partial charge in [0.2, 0.25) is 0 Å². The number of rotatable bonds is 5. The molecule has 0 aliphatic carbocycles. The van der Waals surface area contributed by atoms with E-state index in [1.807, 2.05) is 12.1 Å². The van der Waals surface area contributed by atoms with Gasteiger partial charge in [-0.05, 0) is 40.2 Å². The van der Waals surface area contributed by atoms with Crippen LogP contribution in [-0.2, 0) is 6.42 Å². The van der Waals surface area contributed by atoms with E-state index < -0.39 is 0 Å². The number of carbonyl (C=O) groups is 1. The summed E-state index contributed by atoms with van der Waals surface area (Å²) in [6.45, 7) is 0. The van der Waals surface area contributed by atoms with Gasteiger partial charge >= 0.3 is 0 Å². The molecule has 0 spiro atoms. The summed E-state index contributed by atoms with van der Waals surface area (Å²) >= 11 is 3.31. The molecule has 104 valence electrons. The average Bonchev–Trinajstić information content (AvgIpc) is 2.48. The van der Waals surface area contributed by atoms with Crippen molar-refractivity contribution in [2.45, 2.75) is 6.42 Å².